The zero-order valence-electron chi connectivity index (χ0n) is 7.70. The molecule has 0 heterocycles. The van der Waals surface area contributed by atoms with Crippen LogP contribution in [-0.4, -0.2) is 12.5 Å². The summed E-state index contributed by atoms with van der Waals surface area (Å²) in [6.45, 7) is 2.14. The standard InChI is InChI=1S/C10H14S2/c1-8-5-4-6-9(7-8)10(11-2)12-3/h4-7,10H,1-3H3. The largest absolute Gasteiger partial charge is 0.146 e. The van der Waals surface area contributed by atoms with Crippen LogP contribution < -0.4 is 0 Å². The van der Waals surface area contributed by atoms with Crippen molar-refractivity contribution in [3.63, 3.8) is 0 Å². The topological polar surface area (TPSA) is 0 Å². The van der Waals surface area contributed by atoms with Gasteiger partial charge in [0.1, 0.15) is 0 Å². The zero-order chi connectivity index (χ0) is 8.97. The molecule has 0 aromatic heterocycles. The molecule has 0 bridgehead atoms. The van der Waals surface area contributed by atoms with Gasteiger partial charge >= 0.3 is 0 Å². The summed E-state index contributed by atoms with van der Waals surface area (Å²) in [7, 11) is 0. The van der Waals surface area contributed by atoms with Gasteiger partial charge in [-0.3, -0.25) is 0 Å². The van der Waals surface area contributed by atoms with Gasteiger partial charge in [-0.25, -0.2) is 0 Å². The van der Waals surface area contributed by atoms with Gasteiger partial charge in [0.05, 0.1) is 4.58 Å². The van der Waals surface area contributed by atoms with Crippen LogP contribution in [0.2, 0.25) is 0 Å². The van der Waals surface area contributed by atoms with E-state index in [1.54, 1.807) is 0 Å². The van der Waals surface area contributed by atoms with Crippen LogP contribution in [0.25, 0.3) is 0 Å². The molecule has 0 nitrogen and oxygen atoms in total. The Morgan fingerprint density at radius 2 is 1.83 bits per heavy atom. The Labute approximate surface area is 83.1 Å². The van der Waals surface area contributed by atoms with E-state index in [1.807, 2.05) is 23.5 Å². The van der Waals surface area contributed by atoms with Crippen LogP contribution in [0.5, 0.6) is 0 Å². The first kappa shape index (κ1) is 10.0. The third kappa shape index (κ3) is 2.46. The second kappa shape index (κ2) is 4.83. The van der Waals surface area contributed by atoms with Crippen molar-refractivity contribution < 1.29 is 0 Å². The fraction of sp³-hybridized carbons (Fsp3) is 0.400. The smallest absolute Gasteiger partial charge is 0.0745 e. The summed E-state index contributed by atoms with van der Waals surface area (Å²) >= 11 is 3.79. The van der Waals surface area contributed by atoms with Crippen LogP contribution in [0, 0.1) is 6.92 Å². The van der Waals surface area contributed by atoms with Crippen molar-refractivity contribution in [1.29, 1.82) is 0 Å². The summed E-state index contributed by atoms with van der Waals surface area (Å²) < 4.78 is 0.588. The molecule has 66 valence electrons. The molecule has 1 rings (SSSR count). The summed E-state index contributed by atoms with van der Waals surface area (Å²) in [5.41, 5.74) is 2.77. The zero-order valence-corrected chi connectivity index (χ0v) is 9.34. The van der Waals surface area contributed by atoms with Crippen molar-refractivity contribution in [2.45, 2.75) is 11.5 Å². The van der Waals surface area contributed by atoms with Crippen molar-refractivity contribution >= 4 is 23.5 Å². The maximum atomic E-state index is 2.26. The van der Waals surface area contributed by atoms with E-state index >= 15 is 0 Å². The maximum Gasteiger partial charge on any atom is 0.0745 e. The fourth-order valence-corrected chi connectivity index (χ4v) is 2.79. The first-order chi connectivity index (χ1) is 5.77. The highest BCUT2D eigenvalue weighted by Crippen LogP contribution is 2.35. The van der Waals surface area contributed by atoms with E-state index in [0.717, 1.165) is 0 Å². The van der Waals surface area contributed by atoms with Crippen LogP contribution in [-0.2, 0) is 0 Å². The first-order valence-electron chi connectivity index (χ1n) is 3.90. The Kier molecular flexibility index (Phi) is 4.02. The number of hydrogen-bond acceptors (Lipinski definition) is 2. The van der Waals surface area contributed by atoms with E-state index in [4.69, 9.17) is 0 Å². The Morgan fingerprint density at radius 1 is 1.17 bits per heavy atom. The molecule has 0 spiro atoms. The Hall–Kier alpha value is -0.0800. The minimum atomic E-state index is 0.588. The van der Waals surface area contributed by atoms with Gasteiger partial charge in [-0.15, -0.1) is 23.5 Å². The lowest BCUT2D eigenvalue weighted by Gasteiger charge is -2.11. The van der Waals surface area contributed by atoms with Crippen LogP contribution in [0.1, 0.15) is 15.7 Å². The lowest BCUT2D eigenvalue weighted by molar-refractivity contribution is 1.33. The normalized spacial score (nSPS) is 10.7. The van der Waals surface area contributed by atoms with Crippen molar-refractivity contribution in [3.05, 3.63) is 35.4 Å². The molecule has 0 saturated carbocycles. The molecule has 0 N–H and O–H groups in total. The molecule has 0 unspecified atom stereocenters. The van der Waals surface area contributed by atoms with E-state index < -0.39 is 0 Å². The van der Waals surface area contributed by atoms with Crippen molar-refractivity contribution in [2.24, 2.45) is 0 Å². The second-order valence-corrected chi connectivity index (χ2v) is 4.90. The van der Waals surface area contributed by atoms with Crippen LogP contribution in [0.4, 0.5) is 0 Å². The SMILES string of the molecule is CSC(SC)c1cccc(C)c1. The first-order valence-corrected chi connectivity index (χ1v) is 6.47. The number of rotatable bonds is 3. The number of hydrogen-bond donors (Lipinski definition) is 0. The van der Waals surface area contributed by atoms with Gasteiger partial charge in [0.15, 0.2) is 0 Å². The lowest BCUT2D eigenvalue weighted by Crippen LogP contribution is -1.87. The van der Waals surface area contributed by atoms with Gasteiger partial charge in [-0.1, -0.05) is 29.8 Å². The molecule has 0 fully saturated rings. The summed E-state index contributed by atoms with van der Waals surface area (Å²) in [6, 6.07) is 8.73. The highest BCUT2D eigenvalue weighted by molar-refractivity contribution is 8.15. The summed E-state index contributed by atoms with van der Waals surface area (Å²) in [5, 5.41) is 0. The molecule has 0 amide bonds. The highest BCUT2D eigenvalue weighted by atomic mass is 32.2. The van der Waals surface area contributed by atoms with Crippen LogP contribution >= 0.6 is 23.5 Å². The minimum Gasteiger partial charge on any atom is -0.146 e. The highest BCUT2D eigenvalue weighted by Gasteiger charge is 2.06. The molecule has 0 aliphatic heterocycles. The fourth-order valence-electron chi connectivity index (χ4n) is 1.19. The Bertz CT molecular complexity index is 241. The quantitative estimate of drug-likeness (QED) is 0.679. The summed E-state index contributed by atoms with van der Waals surface area (Å²) in [4.78, 5) is 0. The molecule has 12 heavy (non-hydrogen) atoms. The van der Waals surface area contributed by atoms with Crippen molar-refractivity contribution in [2.75, 3.05) is 12.5 Å². The monoisotopic (exact) mass is 198 g/mol. The third-order valence-corrected chi connectivity index (χ3v) is 4.30. The Balaban J connectivity index is 2.85. The van der Waals surface area contributed by atoms with E-state index in [9.17, 15) is 0 Å². The van der Waals surface area contributed by atoms with Gasteiger partial charge in [-0.2, -0.15) is 0 Å². The second-order valence-electron chi connectivity index (χ2n) is 2.72. The predicted molar refractivity (Wildman–Crippen MR) is 61.0 cm³/mol. The van der Waals surface area contributed by atoms with Gasteiger partial charge in [0.25, 0.3) is 0 Å². The molecule has 0 aliphatic rings. The summed E-state index contributed by atoms with van der Waals surface area (Å²) in [5.74, 6) is 0. The van der Waals surface area contributed by atoms with E-state index in [0.29, 0.717) is 4.58 Å². The minimum absolute atomic E-state index is 0.588. The molecule has 2 heteroatoms. The van der Waals surface area contributed by atoms with Crippen molar-refractivity contribution in [3.8, 4) is 0 Å². The maximum absolute atomic E-state index is 2.26. The average molecular weight is 198 g/mol. The molecule has 0 aliphatic carbocycles. The van der Waals surface area contributed by atoms with Crippen LogP contribution in [0.15, 0.2) is 24.3 Å². The van der Waals surface area contributed by atoms with Crippen LogP contribution in [0.3, 0.4) is 0 Å². The molecular formula is C10H14S2. The number of aryl methyl sites for hydroxylation is 1. The van der Waals surface area contributed by atoms with Gasteiger partial charge in [0.2, 0.25) is 0 Å². The van der Waals surface area contributed by atoms with Gasteiger partial charge in [-0.05, 0) is 25.0 Å². The lowest BCUT2D eigenvalue weighted by atomic mass is 10.2. The van der Waals surface area contributed by atoms with E-state index in [2.05, 4.69) is 43.7 Å². The third-order valence-electron chi connectivity index (χ3n) is 1.74. The number of benzene rings is 1. The predicted octanol–water partition coefficient (Wildman–Crippen LogP) is 3.72. The molecular weight excluding hydrogens is 184 g/mol. The number of thioether (sulfide) groups is 2. The van der Waals surface area contributed by atoms with E-state index in [1.165, 1.54) is 11.1 Å². The van der Waals surface area contributed by atoms with Gasteiger partial charge < -0.3 is 0 Å². The summed E-state index contributed by atoms with van der Waals surface area (Å²) in [6.07, 6.45) is 4.31. The average Bonchev–Trinajstić information content (AvgIpc) is 2.07. The molecule has 0 saturated heterocycles. The van der Waals surface area contributed by atoms with Gasteiger partial charge in [0, 0.05) is 0 Å². The Morgan fingerprint density at radius 3 is 2.33 bits per heavy atom. The van der Waals surface area contributed by atoms with E-state index in [-0.39, 0.29) is 0 Å². The molecule has 0 radical (unpaired) electrons. The molecule has 1 aromatic carbocycles. The van der Waals surface area contributed by atoms with Crippen molar-refractivity contribution in [1.82, 2.24) is 0 Å². The molecule has 1 aromatic rings. The molecule has 0 atom stereocenters.